The van der Waals surface area contributed by atoms with Gasteiger partial charge in [-0.1, -0.05) is 6.07 Å². The van der Waals surface area contributed by atoms with Crippen LogP contribution in [0.5, 0.6) is 0 Å². The number of imidazole rings is 1. The Bertz CT molecular complexity index is 625. The summed E-state index contributed by atoms with van der Waals surface area (Å²) < 4.78 is 16.3. The smallest absolute Gasteiger partial charge is 0.178 e. The van der Waals surface area contributed by atoms with Gasteiger partial charge in [-0.2, -0.15) is 0 Å². The highest BCUT2D eigenvalue weighted by Crippen LogP contribution is 2.18. The third-order valence-corrected chi connectivity index (χ3v) is 4.14. The number of H-pyrrole nitrogens is 1. The molecule has 3 nitrogen and oxygen atoms in total. The van der Waals surface area contributed by atoms with E-state index in [9.17, 15) is 4.39 Å². The molecule has 1 N–H and O–H groups in total. The highest BCUT2D eigenvalue weighted by atomic mass is 32.1. The fraction of sp³-hybridized carbons (Fsp3) is 0.500. The van der Waals surface area contributed by atoms with E-state index in [1.807, 2.05) is 10.6 Å². The van der Waals surface area contributed by atoms with Gasteiger partial charge >= 0.3 is 0 Å². The van der Waals surface area contributed by atoms with Crippen LogP contribution < -0.4 is 0 Å². The van der Waals surface area contributed by atoms with Crippen LogP contribution in [0.1, 0.15) is 19.3 Å². The van der Waals surface area contributed by atoms with Gasteiger partial charge in [-0.3, -0.25) is 0 Å². The Morgan fingerprint density at radius 1 is 1.21 bits per heavy atom. The lowest BCUT2D eigenvalue weighted by molar-refractivity contribution is 0.326. The Balaban J connectivity index is 1.75. The number of aromatic nitrogens is 2. The van der Waals surface area contributed by atoms with E-state index in [0.29, 0.717) is 10.3 Å². The van der Waals surface area contributed by atoms with Crippen molar-refractivity contribution in [1.82, 2.24) is 14.5 Å². The molecular formula is C14H18FN3S. The monoisotopic (exact) mass is 279 g/mol. The van der Waals surface area contributed by atoms with E-state index >= 15 is 0 Å². The first-order chi connectivity index (χ1) is 9.25. The van der Waals surface area contributed by atoms with Crippen LogP contribution in [-0.4, -0.2) is 34.1 Å². The van der Waals surface area contributed by atoms with Crippen molar-refractivity contribution in [2.24, 2.45) is 0 Å². The Labute approximate surface area is 117 Å². The van der Waals surface area contributed by atoms with Crippen molar-refractivity contribution in [2.75, 3.05) is 19.6 Å². The minimum atomic E-state index is -0.234. The van der Waals surface area contributed by atoms with Gasteiger partial charge < -0.3 is 14.5 Å². The SMILES string of the molecule is Fc1cccc2c1[nH]c(=S)n2CCCN1CCCC1. The first kappa shape index (κ1) is 12.8. The maximum absolute atomic E-state index is 13.6. The largest absolute Gasteiger partial charge is 0.328 e. The second kappa shape index (κ2) is 5.43. The molecule has 1 aromatic carbocycles. The summed E-state index contributed by atoms with van der Waals surface area (Å²) in [6.45, 7) is 4.38. The molecule has 0 radical (unpaired) electrons. The minimum absolute atomic E-state index is 0.234. The lowest BCUT2D eigenvalue weighted by Crippen LogP contribution is -2.21. The number of para-hydroxylation sites is 1. The van der Waals surface area contributed by atoms with Crippen molar-refractivity contribution in [3.8, 4) is 0 Å². The zero-order chi connectivity index (χ0) is 13.2. The first-order valence-corrected chi connectivity index (χ1v) is 7.26. The van der Waals surface area contributed by atoms with Crippen LogP contribution >= 0.6 is 12.2 Å². The molecule has 2 heterocycles. The van der Waals surface area contributed by atoms with E-state index in [1.165, 1.54) is 32.0 Å². The van der Waals surface area contributed by atoms with Crippen molar-refractivity contribution >= 4 is 23.3 Å². The Kier molecular flexibility index (Phi) is 3.66. The molecule has 0 amide bonds. The predicted octanol–water partition coefficient (Wildman–Crippen LogP) is 3.32. The van der Waals surface area contributed by atoms with Crippen LogP contribution in [-0.2, 0) is 6.54 Å². The number of fused-ring (bicyclic) bond motifs is 1. The van der Waals surface area contributed by atoms with Gasteiger partial charge in [0.1, 0.15) is 11.3 Å². The summed E-state index contributed by atoms with van der Waals surface area (Å²) in [5, 5.41) is 0. The zero-order valence-electron chi connectivity index (χ0n) is 10.9. The van der Waals surface area contributed by atoms with E-state index in [0.717, 1.165) is 25.0 Å². The number of aromatic amines is 1. The molecule has 5 heteroatoms. The minimum Gasteiger partial charge on any atom is -0.328 e. The standard InChI is InChI=1S/C14H18FN3S/c15-11-5-3-6-12-13(11)16-14(19)18(12)10-4-9-17-7-1-2-8-17/h3,5-6H,1-2,4,7-10H2,(H,16,19). The molecule has 1 aliphatic heterocycles. The lowest BCUT2D eigenvalue weighted by atomic mass is 10.3. The van der Waals surface area contributed by atoms with Gasteiger partial charge in [-0.25, -0.2) is 4.39 Å². The van der Waals surface area contributed by atoms with Gasteiger partial charge in [0, 0.05) is 6.54 Å². The van der Waals surface area contributed by atoms with Crippen molar-refractivity contribution in [2.45, 2.75) is 25.8 Å². The van der Waals surface area contributed by atoms with Gasteiger partial charge in [0.15, 0.2) is 4.77 Å². The van der Waals surface area contributed by atoms with E-state index in [1.54, 1.807) is 6.07 Å². The molecule has 3 rings (SSSR count). The Morgan fingerprint density at radius 3 is 2.79 bits per heavy atom. The number of nitrogens with zero attached hydrogens (tertiary/aromatic N) is 2. The Morgan fingerprint density at radius 2 is 2.00 bits per heavy atom. The number of nitrogens with one attached hydrogen (secondary N) is 1. The van der Waals surface area contributed by atoms with Crippen molar-refractivity contribution in [3.63, 3.8) is 0 Å². The first-order valence-electron chi connectivity index (χ1n) is 6.85. The number of hydrogen-bond acceptors (Lipinski definition) is 2. The quantitative estimate of drug-likeness (QED) is 0.868. The molecule has 1 aromatic heterocycles. The van der Waals surface area contributed by atoms with Crippen molar-refractivity contribution in [3.05, 3.63) is 28.8 Å². The van der Waals surface area contributed by atoms with E-state index in [2.05, 4.69) is 9.88 Å². The molecule has 1 aliphatic rings. The fourth-order valence-corrected chi connectivity index (χ4v) is 3.12. The predicted molar refractivity (Wildman–Crippen MR) is 77.4 cm³/mol. The third kappa shape index (κ3) is 2.58. The molecule has 0 spiro atoms. The average molecular weight is 279 g/mol. The van der Waals surface area contributed by atoms with E-state index in [4.69, 9.17) is 12.2 Å². The topological polar surface area (TPSA) is 24.0 Å². The summed E-state index contributed by atoms with van der Waals surface area (Å²) in [4.78, 5) is 5.45. The molecule has 0 saturated carbocycles. The Hall–Kier alpha value is -1.20. The lowest BCUT2D eigenvalue weighted by Gasteiger charge is -2.14. The van der Waals surface area contributed by atoms with Crippen LogP contribution in [0.25, 0.3) is 11.0 Å². The molecule has 0 bridgehead atoms. The molecule has 19 heavy (non-hydrogen) atoms. The second-order valence-corrected chi connectivity index (χ2v) is 5.50. The summed E-state index contributed by atoms with van der Waals surface area (Å²) in [6.07, 6.45) is 3.69. The molecule has 0 unspecified atom stereocenters. The number of halogens is 1. The van der Waals surface area contributed by atoms with E-state index in [-0.39, 0.29) is 5.82 Å². The van der Waals surface area contributed by atoms with Crippen LogP contribution in [0.4, 0.5) is 4.39 Å². The highest BCUT2D eigenvalue weighted by Gasteiger charge is 2.12. The maximum Gasteiger partial charge on any atom is 0.178 e. The van der Waals surface area contributed by atoms with Crippen LogP contribution in [0.15, 0.2) is 18.2 Å². The van der Waals surface area contributed by atoms with Gasteiger partial charge in [-0.15, -0.1) is 0 Å². The number of benzene rings is 1. The van der Waals surface area contributed by atoms with Gasteiger partial charge in [0.2, 0.25) is 0 Å². The fourth-order valence-electron chi connectivity index (χ4n) is 2.83. The molecule has 0 aliphatic carbocycles. The highest BCUT2D eigenvalue weighted by molar-refractivity contribution is 7.71. The van der Waals surface area contributed by atoms with E-state index < -0.39 is 0 Å². The number of likely N-dealkylation sites (tertiary alicyclic amines) is 1. The average Bonchev–Trinajstić information content (AvgIpc) is 3.00. The normalized spacial score (nSPS) is 16.5. The molecule has 0 atom stereocenters. The molecule has 102 valence electrons. The maximum atomic E-state index is 13.6. The summed E-state index contributed by atoms with van der Waals surface area (Å²) >= 11 is 5.29. The van der Waals surface area contributed by atoms with Crippen LogP contribution in [0, 0.1) is 10.6 Å². The summed E-state index contributed by atoms with van der Waals surface area (Å²) in [5.41, 5.74) is 1.39. The number of rotatable bonds is 4. The third-order valence-electron chi connectivity index (χ3n) is 3.81. The number of hydrogen-bond donors (Lipinski definition) is 1. The van der Waals surface area contributed by atoms with Crippen LogP contribution in [0.3, 0.4) is 0 Å². The summed E-state index contributed by atoms with van der Waals surface area (Å²) in [5.74, 6) is -0.234. The van der Waals surface area contributed by atoms with Crippen molar-refractivity contribution in [1.29, 1.82) is 0 Å². The number of aryl methyl sites for hydroxylation is 1. The van der Waals surface area contributed by atoms with Gasteiger partial charge in [0.25, 0.3) is 0 Å². The molecule has 1 fully saturated rings. The second-order valence-electron chi connectivity index (χ2n) is 5.12. The van der Waals surface area contributed by atoms with Gasteiger partial charge in [-0.05, 0) is 63.2 Å². The molecule has 2 aromatic rings. The van der Waals surface area contributed by atoms with Gasteiger partial charge in [0.05, 0.1) is 5.52 Å². The zero-order valence-corrected chi connectivity index (χ0v) is 11.7. The summed E-state index contributed by atoms with van der Waals surface area (Å²) in [6, 6.07) is 5.11. The molecule has 1 saturated heterocycles. The van der Waals surface area contributed by atoms with Crippen molar-refractivity contribution < 1.29 is 4.39 Å². The summed E-state index contributed by atoms with van der Waals surface area (Å²) in [7, 11) is 0. The molecular weight excluding hydrogens is 261 g/mol. The van der Waals surface area contributed by atoms with Crippen LogP contribution in [0.2, 0.25) is 0 Å².